The minimum absolute atomic E-state index is 0.00634. The van der Waals surface area contributed by atoms with Crippen molar-refractivity contribution < 1.29 is 18.0 Å². The van der Waals surface area contributed by atoms with Crippen molar-refractivity contribution in [1.82, 2.24) is 4.31 Å². The molecule has 3 aromatic rings. The molecule has 0 atom stereocenters. The smallest absolute Gasteiger partial charge is 0.255 e. The molecule has 0 heterocycles. The first-order valence-electron chi connectivity index (χ1n) is 8.93. The van der Waals surface area contributed by atoms with E-state index in [0.29, 0.717) is 21.3 Å². The average Bonchev–Trinajstić information content (AvgIpc) is 2.74. The van der Waals surface area contributed by atoms with Gasteiger partial charge in [0.25, 0.3) is 5.91 Å². The topological polar surface area (TPSA) is 83.6 Å². The highest BCUT2D eigenvalue weighted by Crippen LogP contribution is 2.26. The molecule has 0 aliphatic heterocycles. The summed E-state index contributed by atoms with van der Waals surface area (Å²) in [6.45, 7) is 0. The van der Waals surface area contributed by atoms with E-state index in [9.17, 15) is 18.0 Å². The van der Waals surface area contributed by atoms with Gasteiger partial charge < -0.3 is 5.32 Å². The van der Waals surface area contributed by atoms with Crippen molar-refractivity contribution in [3.05, 3.63) is 94.0 Å². The molecule has 0 radical (unpaired) electrons. The fourth-order valence-electron chi connectivity index (χ4n) is 2.74. The number of carbonyl (C=O) groups excluding carboxylic acids is 2. The Morgan fingerprint density at radius 2 is 1.50 bits per heavy atom. The molecule has 0 saturated heterocycles. The zero-order valence-corrected chi connectivity index (χ0v) is 18.7. The Labute approximate surface area is 183 Å². The molecule has 0 saturated carbocycles. The molecular formula is C22H19BrN2O4S. The third kappa shape index (κ3) is 4.67. The minimum Gasteiger partial charge on any atom is -0.322 e. The van der Waals surface area contributed by atoms with Crippen LogP contribution in [0.2, 0.25) is 0 Å². The summed E-state index contributed by atoms with van der Waals surface area (Å²) in [4.78, 5) is 25.3. The molecule has 0 bridgehead atoms. The predicted molar refractivity (Wildman–Crippen MR) is 119 cm³/mol. The van der Waals surface area contributed by atoms with Crippen LogP contribution in [0.4, 0.5) is 5.69 Å². The van der Waals surface area contributed by atoms with Crippen LogP contribution in [-0.4, -0.2) is 38.5 Å². The third-order valence-corrected chi connectivity index (χ3v) is 7.18. The monoisotopic (exact) mass is 486 g/mol. The maximum Gasteiger partial charge on any atom is 0.255 e. The van der Waals surface area contributed by atoms with E-state index in [4.69, 9.17) is 0 Å². The molecular weight excluding hydrogens is 468 g/mol. The second kappa shape index (κ2) is 8.91. The van der Waals surface area contributed by atoms with Gasteiger partial charge in [-0.2, -0.15) is 0 Å². The van der Waals surface area contributed by atoms with Gasteiger partial charge in [-0.05, 0) is 46.3 Å². The molecule has 3 aromatic carbocycles. The Hall–Kier alpha value is -2.81. The lowest BCUT2D eigenvalue weighted by Gasteiger charge is -2.14. The molecule has 1 amide bonds. The largest absolute Gasteiger partial charge is 0.322 e. The summed E-state index contributed by atoms with van der Waals surface area (Å²) in [5, 5.41) is 2.72. The summed E-state index contributed by atoms with van der Waals surface area (Å²) >= 11 is 3.22. The normalized spacial score (nSPS) is 11.3. The van der Waals surface area contributed by atoms with E-state index >= 15 is 0 Å². The lowest BCUT2D eigenvalue weighted by atomic mass is 10.0. The van der Waals surface area contributed by atoms with Crippen LogP contribution in [0.1, 0.15) is 26.3 Å². The minimum atomic E-state index is -3.72. The number of hydrogen-bond donors (Lipinski definition) is 1. The first kappa shape index (κ1) is 21.9. The highest BCUT2D eigenvalue weighted by atomic mass is 79.9. The number of benzene rings is 3. The molecule has 8 heteroatoms. The molecule has 0 aromatic heterocycles. The lowest BCUT2D eigenvalue weighted by molar-refractivity contribution is 0.102. The maximum atomic E-state index is 12.7. The Morgan fingerprint density at radius 1 is 0.833 bits per heavy atom. The van der Waals surface area contributed by atoms with Crippen LogP contribution in [0.15, 0.2) is 82.2 Å². The van der Waals surface area contributed by atoms with Crippen molar-refractivity contribution in [3.63, 3.8) is 0 Å². The number of nitrogens with one attached hydrogen (secondary N) is 1. The van der Waals surface area contributed by atoms with Crippen molar-refractivity contribution in [2.75, 3.05) is 19.4 Å². The van der Waals surface area contributed by atoms with Crippen LogP contribution in [0.5, 0.6) is 0 Å². The first-order chi connectivity index (χ1) is 14.2. The second-order valence-corrected chi connectivity index (χ2v) is 9.64. The number of ketones is 1. The highest BCUT2D eigenvalue weighted by molar-refractivity contribution is 9.10. The number of hydrogen-bond acceptors (Lipinski definition) is 4. The Morgan fingerprint density at radius 3 is 2.17 bits per heavy atom. The van der Waals surface area contributed by atoms with Crippen LogP contribution in [0, 0.1) is 0 Å². The molecule has 0 fully saturated rings. The van der Waals surface area contributed by atoms with Gasteiger partial charge in [-0.3, -0.25) is 9.59 Å². The SMILES string of the molecule is CN(C)S(=O)(=O)c1cc(C(=O)Nc2cccc(C(=O)c3ccccc3)c2)ccc1Br. The molecule has 0 aliphatic rings. The highest BCUT2D eigenvalue weighted by Gasteiger charge is 2.22. The van der Waals surface area contributed by atoms with E-state index in [2.05, 4.69) is 21.2 Å². The van der Waals surface area contributed by atoms with Crippen molar-refractivity contribution in [1.29, 1.82) is 0 Å². The van der Waals surface area contributed by atoms with Gasteiger partial charge in [-0.1, -0.05) is 42.5 Å². The van der Waals surface area contributed by atoms with E-state index in [-0.39, 0.29) is 16.2 Å². The van der Waals surface area contributed by atoms with Gasteiger partial charge in [-0.15, -0.1) is 0 Å². The fraction of sp³-hybridized carbons (Fsp3) is 0.0909. The third-order valence-electron chi connectivity index (χ3n) is 4.37. The quantitative estimate of drug-likeness (QED) is 0.529. The predicted octanol–water partition coefficient (Wildman–Crippen LogP) is 4.18. The Bertz CT molecular complexity index is 1210. The van der Waals surface area contributed by atoms with E-state index in [1.807, 2.05) is 6.07 Å². The Kier molecular flexibility index (Phi) is 6.50. The number of anilines is 1. The van der Waals surface area contributed by atoms with Crippen LogP contribution in [0.3, 0.4) is 0 Å². The summed E-state index contributed by atoms with van der Waals surface area (Å²) in [6, 6.07) is 19.8. The Balaban J connectivity index is 1.86. The molecule has 154 valence electrons. The fourth-order valence-corrected chi connectivity index (χ4v) is 4.58. The van der Waals surface area contributed by atoms with Crippen LogP contribution >= 0.6 is 15.9 Å². The van der Waals surface area contributed by atoms with Crippen LogP contribution in [0.25, 0.3) is 0 Å². The molecule has 0 unspecified atom stereocenters. The number of rotatable bonds is 6. The molecule has 0 spiro atoms. The van der Waals surface area contributed by atoms with Crippen molar-refractivity contribution >= 4 is 43.3 Å². The first-order valence-corrected chi connectivity index (χ1v) is 11.2. The van der Waals surface area contributed by atoms with Gasteiger partial charge in [0.2, 0.25) is 10.0 Å². The van der Waals surface area contributed by atoms with Crippen molar-refractivity contribution in [2.24, 2.45) is 0 Å². The zero-order valence-electron chi connectivity index (χ0n) is 16.3. The second-order valence-electron chi connectivity index (χ2n) is 6.66. The molecule has 30 heavy (non-hydrogen) atoms. The summed E-state index contributed by atoms with van der Waals surface area (Å²) < 4.78 is 26.4. The summed E-state index contributed by atoms with van der Waals surface area (Å²) in [7, 11) is -0.882. The lowest BCUT2D eigenvalue weighted by Crippen LogP contribution is -2.23. The van der Waals surface area contributed by atoms with Crippen LogP contribution in [-0.2, 0) is 10.0 Å². The van der Waals surface area contributed by atoms with Gasteiger partial charge in [0.15, 0.2) is 5.78 Å². The molecule has 6 nitrogen and oxygen atoms in total. The van der Waals surface area contributed by atoms with E-state index in [1.54, 1.807) is 48.5 Å². The summed E-state index contributed by atoms with van der Waals surface area (Å²) in [5.74, 6) is -0.642. The van der Waals surface area contributed by atoms with Gasteiger partial charge in [0.05, 0.1) is 4.90 Å². The number of amides is 1. The van der Waals surface area contributed by atoms with Gasteiger partial charge in [0, 0.05) is 40.9 Å². The van der Waals surface area contributed by atoms with E-state index in [1.165, 1.54) is 32.3 Å². The zero-order chi connectivity index (χ0) is 21.9. The van der Waals surface area contributed by atoms with Crippen molar-refractivity contribution in [3.8, 4) is 0 Å². The summed E-state index contributed by atoms with van der Waals surface area (Å²) in [6.07, 6.45) is 0. The van der Waals surface area contributed by atoms with Gasteiger partial charge >= 0.3 is 0 Å². The van der Waals surface area contributed by atoms with Crippen molar-refractivity contribution in [2.45, 2.75) is 4.90 Å². The molecule has 0 aliphatic carbocycles. The van der Waals surface area contributed by atoms with E-state index in [0.717, 1.165) is 4.31 Å². The van der Waals surface area contributed by atoms with Gasteiger partial charge in [0.1, 0.15) is 0 Å². The number of sulfonamides is 1. The maximum absolute atomic E-state index is 12.7. The van der Waals surface area contributed by atoms with E-state index < -0.39 is 15.9 Å². The number of carbonyl (C=O) groups is 2. The number of nitrogens with zero attached hydrogens (tertiary/aromatic N) is 1. The average molecular weight is 487 g/mol. The summed E-state index contributed by atoms with van der Waals surface area (Å²) in [5.41, 5.74) is 1.60. The van der Waals surface area contributed by atoms with Crippen LogP contribution < -0.4 is 5.32 Å². The molecule has 3 rings (SSSR count). The van der Waals surface area contributed by atoms with Gasteiger partial charge in [-0.25, -0.2) is 12.7 Å². The molecule has 1 N–H and O–H groups in total. The number of halogens is 1. The standard InChI is InChI=1S/C22H19BrN2O4S/c1-25(2)30(28,29)20-14-17(11-12-19(20)23)22(27)24-18-10-6-9-16(13-18)21(26)15-7-4-3-5-8-15/h3-14H,1-2H3,(H,24,27).